The molecule has 0 fully saturated rings. The van der Waals surface area contributed by atoms with E-state index in [2.05, 4.69) is 27.2 Å². The first-order valence-corrected chi connectivity index (χ1v) is 5.66. The summed E-state index contributed by atoms with van der Waals surface area (Å²) in [4.78, 5) is 0. The Morgan fingerprint density at radius 3 is 2.25 bits per heavy atom. The molecular formula is C12H25. The molecule has 0 aromatic carbocycles. The van der Waals surface area contributed by atoms with E-state index in [-0.39, 0.29) is 0 Å². The maximum absolute atomic E-state index is 2.44. The third kappa shape index (κ3) is 6.69. The van der Waals surface area contributed by atoms with Crippen LogP contribution in [0.3, 0.4) is 0 Å². The Labute approximate surface area is 78.8 Å². The summed E-state index contributed by atoms with van der Waals surface area (Å²) in [6.07, 6.45) is 12.0. The molecule has 0 heteroatoms. The lowest BCUT2D eigenvalue weighted by atomic mass is 9.92. The van der Waals surface area contributed by atoms with Gasteiger partial charge in [0.25, 0.3) is 0 Å². The molecule has 0 saturated heterocycles. The standard InChI is InChI=1S/C12H25/c1-4-7-10-12(9-6-3)11-8-5-2/h7,12H,4-6,8-11H2,1-3H3. The van der Waals surface area contributed by atoms with Crippen LogP contribution in [0.4, 0.5) is 0 Å². The van der Waals surface area contributed by atoms with Crippen LogP contribution in [0.15, 0.2) is 0 Å². The van der Waals surface area contributed by atoms with Crippen molar-refractivity contribution in [3.8, 4) is 0 Å². The average molecular weight is 169 g/mol. The topological polar surface area (TPSA) is 0 Å². The molecule has 12 heavy (non-hydrogen) atoms. The zero-order valence-corrected chi connectivity index (χ0v) is 9.10. The molecule has 0 aliphatic carbocycles. The van der Waals surface area contributed by atoms with Gasteiger partial charge in [0.05, 0.1) is 0 Å². The molecule has 0 saturated carbocycles. The fourth-order valence-electron chi connectivity index (χ4n) is 1.68. The summed E-state index contributed by atoms with van der Waals surface area (Å²) < 4.78 is 0. The summed E-state index contributed by atoms with van der Waals surface area (Å²) in [5, 5.41) is 0. The van der Waals surface area contributed by atoms with E-state index in [1.54, 1.807) is 0 Å². The van der Waals surface area contributed by atoms with Crippen LogP contribution < -0.4 is 0 Å². The number of hydrogen-bond acceptors (Lipinski definition) is 0. The van der Waals surface area contributed by atoms with Crippen molar-refractivity contribution < 1.29 is 0 Å². The van der Waals surface area contributed by atoms with Crippen LogP contribution in [-0.4, -0.2) is 0 Å². The van der Waals surface area contributed by atoms with Crippen molar-refractivity contribution in [1.29, 1.82) is 0 Å². The van der Waals surface area contributed by atoms with Gasteiger partial charge in [-0.05, 0) is 18.8 Å². The van der Waals surface area contributed by atoms with Gasteiger partial charge in [0.1, 0.15) is 0 Å². The monoisotopic (exact) mass is 169 g/mol. The lowest BCUT2D eigenvalue weighted by Crippen LogP contribution is -2.00. The molecule has 0 heterocycles. The SMILES string of the molecule is CC[CH]CC(CCC)CCCC. The second-order valence-corrected chi connectivity index (χ2v) is 3.73. The second-order valence-electron chi connectivity index (χ2n) is 3.73. The quantitative estimate of drug-likeness (QED) is 0.498. The van der Waals surface area contributed by atoms with Gasteiger partial charge in [-0.15, -0.1) is 0 Å². The lowest BCUT2D eigenvalue weighted by molar-refractivity contribution is 0.420. The van der Waals surface area contributed by atoms with Crippen molar-refractivity contribution in [3.05, 3.63) is 6.42 Å². The second kappa shape index (κ2) is 9.09. The van der Waals surface area contributed by atoms with Crippen molar-refractivity contribution >= 4 is 0 Å². The Balaban J connectivity index is 3.40. The Morgan fingerprint density at radius 1 is 1.00 bits per heavy atom. The molecule has 0 rings (SSSR count). The fraction of sp³-hybridized carbons (Fsp3) is 0.917. The molecule has 0 aliphatic rings. The number of hydrogen-bond donors (Lipinski definition) is 0. The van der Waals surface area contributed by atoms with E-state index in [4.69, 9.17) is 0 Å². The highest BCUT2D eigenvalue weighted by Crippen LogP contribution is 2.20. The molecular weight excluding hydrogens is 144 g/mol. The van der Waals surface area contributed by atoms with Crippen LogP contribution in [-0.2, 0) is 0 Å². The summed E-state index contributed by atoms with van der Waals surface area (Å²) in [5.74, 6) is 0.981. The highest BCUT2D eigenvalue weighted by atomic mass is 14.1. The first-order chi connectivity index (χ1) is 5.85. The van der Waals surface area contributed by atoms with Gasteiger partial charge < -0.3 is 0 Å². The minimum atomic E-state index is 0.981. The number of rotatable bonds is 8. The normalized spacial score (nSPS) is 11.0. The minimum Gasteiger partial charge on any atom is -0.0654 e. The summed E-state index contributed by atoms with van der Waals surface area (Å²) in [5.41, 5.74) is 0. The molecule has 1 atom stereocenters. The van der Waals surface area contributed by atoms with Crippen LogP contribution in [0.25, 0.3) is 0 Å². The van der Waals surface area contributed by atoms with Crippen LogP contribution in [0, 0.1) is 12.3 Å². The Kier molecular flexibility index (Phi) is 9.09. The predicted molar refractivity (Wildman–Crippen MR) is 57.1 cm³/mol. The van der Waals surface area contributed by atoms with Crippen LogP contribution in [0.2, 0.25) is 0 Å². The van der Waals surface area contributed by atoms with Crippen molar-refractivity contribution in [2.45, 2.75) is 65.7 Å². The lowest BCUT2D eigenvalue weighted by Gasteiger charge is -2.14. The van der Waals surface area contributed by atoms with E-state index in [1.165, 1.54) is 44.9 Å². The van der Waals surface area contributed by atoms with Crippen molar-refractivity contribution in [3.63, 3.8) is 0 Å². The summed E-state index contributed by atoms with van der Waals surface area (Å²) in [7, 11) is 0. The van der Waals surface area contributed by atoms with Gasteiger partial charge in [-0.25, -0.2) is 0 Å². The maximum Gasteiger partial charge on any atom is -0.0386 e. The van der Waals surface area contributed by atoms with E-state index in [9.17, 15) is 0 Å². The minimum absolute atomic E-state index is 0.981. The van der Waals surface area contributed by atoms with Gasteiger partial charge in [-0.2, -0.15) is 0 Å². The van der Waals surface area contributed by atoms with Gasteiger partial charge in [-0.3, -0.25) is 0 Å². The molecule has 0 bridgehead atoms. The van der Waals surface area contributed by atoms with E-state index < -0.39 is 0 Å². The first-order valence-electron chi connectivity index (χ1n) is 5.66. The molecule has 0 nitrogen and oxygen atoms in total. The molecule has 73 valence electrons. The Hall–Kier alpha value is 0. The third-order valence-corrected chi connectivity index (χ3v) is 2.45. The van der Waals surface area contributed by atoms with E-state index in [0.717, 1.165) is 5.92 Å². The van der Waals surface area contributed by atoms with Gasteiger partial charge in [0.2, 0.25) is 0 Å². The zero-order valence-electron chi connectivity index (χ0n) is 9.10. The van der Waals surface area contributed by atoms with Crippen molar-refractivity contribution in [1.82, 2.24) is 0 Å². The molecule has 1 unspecified atom stereocenters. The van der Waals surface area contributed by atoms with Crippen LogP contribution in [0.5, 0.6) is 0 Å². The Bertz CT molecular complexity index is 68.1. The van der Waals surface area contributed by atoms with E-state index >= 15 is 0 Å². The molecule has 0 amide bonds. The molecule has 1 radical (unpaired) electrons. The van der Waals surface area contributed by atoms with E-state index in [0.29, 0.717) is 0 Å². The van der Waals surface area contributed by atoms with Gasteiger partial charge in [0.15, 0.2) is 0 Å². The first kappa shape index (κ1) is 12.0. The molecule has 0 N–H and O–H groups in total. The smallest absolute Gasteiger partial charge is 0.0386 e. The summed E-state index contributed by atoms with van der Waals surface area (Å²) in [6, 6.07) is 0. The zero-order chi connectivity index (χ0) is 9.23. The van der Waals surface area contributed by atoms with Gasteiger partial charge >= 0.3 is 0 Å². The van der Waals surface area contributed by atoms with Crippen molar-refractivity contribution in [2.75, 3.05) is 0 Å². The fourth-order valence-corrected chi connectivity index (χ4v) is 1.68. The predicted octanol–water partition coefficient (Wildman–Crippen LogP) is 4.60. The molecule has 0 spiro atoms. The van der Waals surface area contributed by atoms with Gasteiger partial charge in [0, 0.05) is 0 Å². The van der Waals surface area contributed by atoms with Crippen LogP contribution >= 0.6 is 0 Å². The molecule has 0 aliphatic heterocycles. The summed E-state index contributed by atoms with van der Waals surface area (Å²) >= 11 is 0. The third-order valence-electron chi connectivity index (χ3n) is 2.45. The van der Waals surface area contributed by atoms with Gasteiger partial charge in [-0.1, -0.05) is 59.3 Å². The largest absolute Gasteiger partial charge is 0.0654 e. The maximum atomic E-state index is 2.44. The highest BCUT2D eigenvalue weighted by Gasteiger charge is 2.05. The number of unbranched alkanes of at least 4 members (excludes halogenated alkanes) is 2. The van der Waals surface area contributed by atoms with E-state index in [1.807, 2.05) is 0 Å². The van der Waals surface area contributed by atoms with Crippen molar-refractivity contribution in [2.24, 2.45) is 5.92 Å². The average Bonchev–Trinajstić information content (AvgIpc) is 2.10. The molecule has 0 aromatic rings. The highest BCUT2D eigenvalue weighted by molar-refractivity contribution is 4.69. The molecule has 0 aromatic heterocycles. The summed E-state index contributed by atoms with van der Waals surface area (Å²) in [6.45, 7) is 6.82. The van der Waals surface area contributed by atoms with Crippen LogP contribution in [0.1, 0.15) is 65.7 Å². The Morgan fingerprint density at radius 2 is 1.75 bits per heavy atom.